The van der Waals surface area contributed by atoms with Crippen molar-refractivity contribution < 1.29 is 28.2 Å². The van der Waals surface area contributed by atoms with Crippen LogP contribution in [-0.2, 0) is 0 Å². The Bertz CT molecular complexity index is 1220. The first-order chi connectivity index (χ1) is 14.4. The van der Waals surface area contributed by atoms with E-state index in [0.717, 1.165) is 0 Å². The fourth-order valence-corrected chi connectivity index (χ4v) is 4.07. The Balaban J connectivity index is 1.93. The second-order valence-corrected chi connectivity index (χ2v) is 7.18. The molecular formula is C23H22O7. The molecule has 0 saturated carbocycles. The minimum absolute atomic E-state index is 0.0527. The Kier molecular flexibility index (Phi) is 4.89. The van der Waals surface area contributed by atoms with Crippen molar-refractivity contribution in [3.8, 4) is 23.0 Å². The Morgan fingerprint density at radius 1 is 0.933 bits per heavy atom. The highest BCUT2D eigenvalue weighted by molar-refractivity contribution is 6.07. The van der Waals surface area contributed by atoms with Crippen molar-refractivity contribution in [1.82, 2.24) is 0 Å². The van der Waals surface area contributed by atoms with Gasteiger partial charge < -0.3 is 23.4 Å². The number of benzene rings is 2. The maximum atomic E-state index is 13.1. The van der Waals surface area contributed by atoms with Crippen LogP contribution in [0.4, 0.5) is 0 Å². The van der Waals surface area contributed by atoms with Gasteiger partial charge in [-0.15, -0.1) is 0 Å². The molecule has 0 fully saturated rings. The molecule has 1 aliphatic rings. The first kappa shape index (κ1) is 19.8. The zero-order valence-electron chi connectivity index (χ0n) is 17.5. The van der Waals surface area contributed by atoms with Gasteiger partial charge in [-0.1, -0.05) is 0 Å². The van der Waals surface area contributed by atoms with E-state index in [4.69, 9.17) is 23.4 Å². The summed E-state index contributed by atoms with van der Waals surface area (Å²) in [6.07, 6.45) is -0.461. The average Bonchev–Trinajstić information content (AvgIpc) is 2.71. The molecule has 1 aliphatic heterocycles. The summed E-state index contributed by atoms with van der Waals surface area (Å²) in [4.78, 5) is 25.0. The second kappa shape index (κ2) is 7.40. The highest BCUT2D eigenvalue weighted by atomic mass is 16.5. The predicted molar refractivity (Wildman–Crippen MR) is 110 cm³/mol. The molecule has 0 saturated heterocycles. The van der Waals surface area contributed by atoms with Crippen LogP contribution in [0.5, 0.6) is 23.0 Å². The maximum Gasteiger partial charge on any atom is 0.336 e. The lowest BCUT2D eigenvalue weighted by Gasteiger charge is -2.29. The van der Waals surface area contributed by atoms with Crippen molar-refractivity contribution in [2.24, 2.45) is 0 Å². The SMILES string of the molecule is COc1ccc(C2CC(=O)c3c(C)cc4oc(=O)cc(C)c4c3O2)c(OC)c1OC. The number of fused-ring (bicyclic) bond motifs is 3. The van der Waals surface area contributed by atoms with Crippen LogP contribution in [0.1, 0.15) is 39.6 Å². The lowest BCUT2D eigenvalue weighted by Crippen LogP contribution is -2.22. The van der Waals surface area contributed by atoms with E-state index in [1.54, 1.807) is 39.2 Å². The van der Waals surface area contributed by atoms with Gasteiger partial charge in [0.15, 0.2) is 17.3 Å². The Morgan fingerprint density at radius 3 is 2.33 bits per heavy atom. The molecule has 2 heterocycles. The van der Waals surface area contributed by atoms with Gasteiger partial charge in [0.05, 0.1) is 38.7 Å². The normalized spacial score (nSPS) is 15.5. The summed E-state index contributed by atoms with van der Waals surface area (Å²) in [5.41, 5.74) is 2.51. The van der Waals surface area contributed by atoms with E-state index in [9.17, 15) is 9.59 Å². The summed E-state index contributed by atoms with van der Waals surface area (Å²) in [5.74, 6) is 1.75. The number of Topliss-reactive ketones (excluding diaryl/α,β-unsaturated/α-hetero) is 1. The molecule has 2 aromatic carbocycles. The summed E-state index contributed by atoms with van der Waals surface area (Å²) in [7, 11) is 4.59. The number of hydrogen-bond acceptors (Lipinski definition) is 7. The molecule has 3 aromatic rings. The quantitative estimate of drug-likeness (QED) is 0.598. The monoisotopic (exact) mass is 410 g/mol. The van der Waals surface area contributed by atoms with Crippen molar-refractivity contribution in [3.63, 3.8) is 0 Å². The highest BCUT2D eigenvalue weighted by Gasteiger charge is 2.34. The van der Waals surface area contributed by atoms with Gasteiger partial charge in [0.25, 0.3) is 0 Å². The molecule has 0 amide bonds. The number of methoxy groups -OCH3 is 3. The molecule has 0 bridgehead atoms. The lowest BCUT2D eigenvalue weighted by atomic mass is 9.90. The molecule has 0 N–H and O–H groups in total. The predicted octanol–water partition coefficient (Wildman–Crippen LogP) is 4.14. The summed E-state index contributed by atoms with van der Waals surface area (Å²) < 4.78 is 28.1. The summed E-state index contributed by atoms with van der Waals surface area (Å²) in [6.45, 7) is 3.60. The molecule has 1 aromatic heterocycles. The van der Waals surface area contributed by atoms with Gasteiger partial charge in [-0.25, -0.2) is 4.79 Å². The summed E-state index contributed by atoms with van der Waals surface area (Å²) >= 11 is 0. The maximum absolute atomic E-state index is 13.1. The molecule has 7 nitrogen and oxygen atoms in total. The molecular weight excluding hydrogens is 388 g/mol. The van der Waals surface area contributed by atoms with E-state index in [0.29, 0.717) is 56.2 Å². The third-order valence-electron chi connectivity index (χ3n) is 5.37. The molecule has 0 radical (unpaired) electrons. The van der Waals surface area contributed by atoms with Crippen molar-refractivity contribution in [1.29, 1.82) is 0 Å². The van der Waals surface area contributed by atoms with Crippen LogP contribution in [0, 0.1) is 13.8 Å². The number of carbonyl (C=O) groups is 1. The van der Waals surface area contributed by atoms with E-state index in [-0.39, 0.29) is 12.2 Å². The summed E-state index contributed by atoms with van der Waals surface area (Å²) in [5, 5.41) is 0.618. The number of hydrogen-bond donors (Lipinski definition) is 0. The third-order valence-corrected chi connectivity index (χ3v) is 5.37. The van der Waals surface area contributed by atoms with Crippen LogP contribution < -0.4 is 24.6 Å². The zero-order chi connectivity index (χ0) is 21.6. The topological polar surface area (TPSA) is 84.2 Å². The minimum Gasteiger partial charge on any atom is -0.493 e. The van der Waals surface area contributed by atoms with E-state index in [1.165, 1.54) is 20.3 Å². The highest BCUT2D eigenvalue weighted by Crippen LogP contribution is 2.48. The van der Waals surface area contributed by atoms with E-state index < -0.39 is 11.7 Å². The van der Waals surface area contributed by atoms with Gasteiger partial charge in [-0.3, -0.25) is 4.79 Å². The molecule has 7 heteroatoms. The smallest absolute Gasteiger partial charge is 0.336 e. The van der Waals surface area contributed by atoms with Crippen LogP contribution in [0.25, 0.3) is 11.0 Å². The standard InChI is InChI=1S/C23H22O7/c1-11-8-17-20(12(2)9-18(25)29-17)23-19(11)14(24)10-16(30-23)13-6-7-15(26-3)22(28-5)21(13)27-4/h6-9,16H,10H2,1-5H3. The van der Waals surface area contributed by atoms with Crippen LogP contribution in [-0.4, -0.2) is 27.1 Å². The van der Waals surface area contributed by atoms with Crippen molar-refractivity contribution in [3.05, 3.63) is 56.9 Å². The largest absolute Gasteiger partial charge is 0.493 e. The molecule has 30 heavy (non-hydrogen) atoms. The number of ether oxygens (including phenoxy) is 4. The fraction of sp³-hybridized carbons (Fsp3) is 0.304. The summed E-state index contributed by atoms with van der Waals surface area (Å²) in [6, 6.07) is 6.65. The molecule has 0 spiro atoms. The number of carbonyl (C=O) groups excluding carboxylic acids is 1. The van der Waals surface area contributed by atoms with Gasteiger partial charge in [-0.2, -0.15) is 0 Å². The Morgan fingerprint density at radius 2 is 1.67 bits per heavy atom. The molecule has 156 valence electrons. The van der Waals surface area contributed by atoms with E-state index >= 15 is 0 Å². The van der Waals surface area contributed by atoms with Crippen molar-refractivity contribution >= 4 is 16.8 Å². The van der Waals surface area contributed by atoms with Gasteiger partial charge in [-0.05, 0) is 43.2 Å². The number of rotatable bonds is 4. The van der Waals surface area contributed by atoms with Gasteiger partial charge in [0.2, 0.25) is 5.75 Å². The Hall–Kier alpha value is -3.48. The number of ketones is 1. The van der Waals surface area contributed by atoms with Gasteiger partial charge in [0.1, 0.15) is 17.4 Å². The van der Waals surface area contributed by atoms with Gasteiger partial charge >= 0.3 is 5.63 Å². The first-order valence-electron chi connectivity index (χ1n) is 9.46. The zero-order valence-corrected chi connectivity index (χ0v) is 17.5. The second-order valence-electron chi connectivity index (χ2n) is 7.18. The van der Waals surface area contributed by atoms with E-state index in [1.807, 2.05) is 0 Å². The van der Waals surface area contributed by atoms with E-state index in [2.05, 4.69) is 0 Å². The van der Waals surface area contributed by atoms with Gasteiger partial charge in [0, 0.05) is 11.6 Å². The van der Waals surface area contributed by atoms with Crippen LogP contribution in [0.3, 0.4) is 0 Å². The molecule has 1 atom stereocenters. The Labute approximate surface area is 173 Å². The minimum atomic E-state index is -0.601. The van der Waals surface area contributed by atoms with Crippen LogP contribution >= 0.6 is 0 Å². The van der Waals surface area contributed by atoms with Crippen LogP contribution in [0.2, 0.25) is 0 Å². The fourth-order valence-electron chi connectivity index (χ4n) is 4.07. The average molecular weight is 410 g/mol. The first-order valence-corrected chi connectivity index (χ1v) is 9.46. The van der Waals surface area contributed by atoms with Crippen molar-refractivity contribution in [2.45, 2.75) is 26.4 Å². The molecule has 1 unspecified atom stereocenters. The molecule has 4 rings (SSSR count). The number of aryl methyl sites for hydroxylation is 2. The lowest BCUT2D eigenvalue weighted by molar-refractivity contribution is 0.0848. The van der Waals surface area contributed by atoms with Crippen molar-refractivity contribution in [2.75, 3.05) is 21.3 Å². The third kappa shape index (κ3) is 2.98. The molecule has 0 aliphatic carbocycles. The van der Waals surface area contributed by atoms with Crippen LogP contribution in [0.15, 0.2) is 33.5 Å².